The summed E-state index contributed by atoms with van der Waals surface area (Å²) >= 11 is 0. The Morgan fingerprint density at radius 1 is 1.04 bits per heavy atom. The quantitative estimate of drug-likeness (QED) is 0.749. The van der Waals surface area contributed by atoms with Gasteiger partial charge in [-0.05, 0) is 43.3 Å². The van der Waals surface area contributed by atoms with Gasteiger partial charge in [-0.25, -0.2) is 8.42 Å². The maximum atomic E-state index is 12.9. The first-order valence-corrected chi connectivity index (χ1v) is 10.5. The number of rotatable bonds is 6. The number of carbonyl (C=O) groups is 1. The number of hydrogen-bond acceptors (Lipinski definition) is 7. The third kappa shape index (κ3) is 4.57. The molecule has 2 heterocycles. The lowest BCUT2D eigenvalue weighted by Gasteiger charge is -2.34. The molecule has 2 N–H and O–H groups in total. The SMILES string of the molecule is CCNc1ccc(N2CCN(S(=O)(=O)c3ccc(NC(C)=O)cc3)CC2)nn1. The van der Waals surface area contributed by atoms with Gasteiger partial charge in [-0.3, -0.25) is 4.79 Å². The molecule has 1 aromatic carbocycles. The van der Waals surface area contributed by atoms with Crippen LogP contribution in [0.15, 0.2) is 41.3 Å². The molecule has 1 fully saturated rings. The van der Waals surface area contributed by atoms with Crippen LogP contribution in [-0.4, -0.2) is 61.6 Å². The van der Waals surface area contributed by atoms with Crippen molar-refractivity contribution in [2.75, 3.05) is 48.3 Å². The lowest BCUT2D eigenvalue weighted by molar-refractivity contribution is -0.114. The van der Waals surface area contributed by atoms with Crippen molar-refractivity contribution in [2.24, 2.45) is 0 Å². The maximum Gasteiger partial charge on any atom is 0.243 e. The number of carbonyl (C=O) groups excluding carboxylic acids is 1. The van der Waals surface area contributed by atoms with Crippen molar-refractivity contribution in [1.29, 1.82) is 0 Å². The van der Waals surface area contributed by atoms with Crippen molar-refractivity contribution in [3.8, 4) is 0 Å². The second-order valence-electron chi connectivity index (χ2n) is 6.40. The van der Waals surface area contributed by atoms with Gasteiger partial charge in [-0.1, -0.05) is 0 Å². The zero-order valence-electron chi connectivity index (χ0n) is 15.9. The summed E-state index contributed by atoms with van der Waals surface area (Å²) in [5.41, 5.74) is 0.566. The van der Waals surface area contributed by atoms with Crippen molar-refractivity contribution >= 4 is 33.3 Å². The van der Waals surface area contributed by atoms with E-state index in [0.29, 0.717) is 31.9 Å². The van der Waals surface area contributed by atoms with Gasteiger partial charge in [0, 0.05) is 45.3 Å². The molecule has 1 aliphatic heterocycles. The zero-order valence-corrected chi connectivity index (χ0v) is 16.7. The maximum absolute atomic E-state index is 12.9. The molecular weight excluding hydrogens is 380 g/mol. The fourth-order valence-corrected chi connectivity index (χ4v) is 4.41. The van der Waals surface area contributed by atoms with Crippen LogP contribution in [-0.2, 0) is 14.8 Å². The average molecular weight is 404 g/mol. The normalized spacial score (nSPS) is 15.3. The summed E-state index contributed by atoms with van der Waals surface area (Å²) < 4.78 is 27.2. The van der Waals surface area contributed by atoms with Gasteiger partial charge >= 0.3 is 0 Å². The number of anilines is 3. The average Bonchev–Trinajstić information content (AvgIpc) is 2.69. The molecule has 0 radical (unpaired) electrons. The van der Waals surface area contributed by atoms with Gasteiger partial charge in [0.2, 0.25) is 15.9 Å². The highest BCUT2D eigenvalue weighted by molar-refractivity contribution is 7.89. The summed E-state index contributed by atoms with van der Waals surface area (Å²) in [6.07, 6.45) is 0. The van der Waals surface area contributed by atoms with E-state index in [0.717, 1.165) is 18.2 Å². The Balaban J connectivity index is 1.63. The van der Waals surface area contributed by atoms with Gasteiger partial charge in [0.05, 0.1) is 4.90 Å². The number of hydrogen-bond donors (Lipinski definition) is 2. The molecule has 0 bridgehead atoms. The minimum Gasteiger partial charge on any atom is -0.369 e. The fourth-order valence-electron chi connectivity index (χ4n) is 2.99. The molecule has 1 aromatic heterocycles. The van der Waals surface area contributed by atoms with E-state index in [4.69, 9.17) is 0 Å². The van der Waals surface area contributed by atoms with Crippen LogP contribution in [0.5, 0.6) is 0 Å². The minimum absolute atomic E-state index is 0.201. The van der Waals surface area contributed by atoms with Crippen molar-refractivity contribution in [1.82, 2.24) is 14.5 Å². The van der Waals surface area contributed by atoms with Crippen LogP contribution in [0.25, 0.3) is 0 Å². The molecule has 150 valence electrons. The Morgan fingerprint density at radius 2 is 1.71 bits per heavy atom. The molecular formula is C18H24N6O3S. The molecule has 3 rings (SSSR count). The van der Waals surface area contributed by atoms with Gasteiger partial charge in [-0.15, -0.1) is 10.2 Å². The Hall–Kier alpha value is -2.72. The fraction of sp³-hybridized carbons (Fsp3) is 0.389. The Kier molecular flexibility index (Phi) is 6.10. The van der Waals surface area contributed by atoms with Crippen LogP contribution >= 0.6 is 0 Å². The highest BCUT2D eigenvalue weighted by Gasteiger charge is 2.29. The molecule has 1 aliphatic rings. The highest BCUT2D eigenvalue weighted by Crippen LogP contribution is 2.21. The molecule has 0 atom stereocenters. The van der Waals surface area contributed by atoms with E-state index < -0.39 is 10.0 Å². The standard InChI is InChI=1S/C18H24N6O3S/c1-3-19-17-8-9-18(22-21-17)23-10-12-24(13-11-23)28(26,27)16-6-4-15(5-7-16)20-14(2)25/h4-9H,3,10-13H2,1-2H3,(H,19,21)(H,20,25). The number of sulfonamides is 1. The van der Waals surface area contributed by atoms with Crippen LogP contribution in [0.1, 0.15) is 13.8 Å². The highest BCUT2D eigenvalue weighted by atomic mass is 32.2. The lowest BCUT2D eigenvalue weighted by Crippen LogP contribution is -2.49. The largest absolute Gasteiger partial charge is 0.369 e. The number of nitrogens with one attached hydrogen (secondary N) is 2. The number of nitrogens with zero attached hydrogens (tertiary/aromatic N) is 4. The molecule has 0 aliphatic carbocycles. The van der Waals surface area contributed by atoms with Crippen molar-refractivity contribution in [3.05, 3.63) is 36.4 Å². The monoisotopic (exact) mass is 404 g/mol. The summed E-state index contributed by atoms with van der Waals surface area (Å²) in [6.45, 7) is 5.98. The minimum atomic E-state index is -3.58. The van der Waals surface area contributed by atoms with E-state index in [1.165, 1.54) is 23.4 Å². The van der Waals surface area contributed by atoms with Crippen LogP contribution in [0.2, 0.25) is 0 Å². The first-order chi connectivity index (χ1) is 13.4. The van der Waals surface area contributed by atoms with E-state index in [1.807, 2.05) is 24.0 Å². The first-order valence-electron chi connectivity index (χ1n) is 9.10. The number of amides is 1. The van der Waals surface area contributed by atoms with Gasteiger partial charge in [0.15, 0.2) is 5.82 Å². The summed E-state index contributed by atoms with van der Waals surface area (Å²) in [6, 6.07) is 9.95. The molecule has 9 nitrogen and oxygen atoms in total. The van der Waals surface area contributed by atoms with Gasteiger partial charge in [0.25, 0.3) is 0 Å². The second kappa shape index (κ2) is 8.53. The van der Waals surface area contributed by atoms with Gasteiger partial charge in [0.1, 0.15) is 5.82 Å². The molecule has 10 heteroatoms. The van der Waals surface area contributed by atoms with Crippen molar-refractivity contribution in [3.63, 3.8) is 0 Å². The number of aromatic nitrogens is 2. The molecule has 1 amide bonds. The summed E-state index contributed by atoms with van der Waals surface area (Å²) in [7, 11) is -3.58. The second-order valence-corrected chi connectivity index (χ2v) is 8.34. The third-order valence-electron chi connectivity index (χ3n) is 4.38. The summed E-state index contributed by atoms with van der Waals surface area (Å²) in [5.74, 6) is 1.25. The van der Waals surface area contributed by atoms with Crippen LogP contribution < -0.4 is 15.5 Å². The molecule has 2 aromatic rings. The van der Waals surface area contributed by atoms with Gasteiger partial charge in [-0.2, -0.15) is 4.31 Å². The summed E-state index contributed by atoms with van der Waals surface area (Å²) in [5, 5.41) is 14.1. The predicted molar refractivity (Wildman–Crippen MR) is 108 cm³/mol. The Morgan fingerprint density at radius 3 is 2.25 bits per heavy atom. The van der Waals surface area contributed by atoms with Gasteiger partial charge < -0.3 is 15.5 Å². The number of piperazine rings is 1. The Bertz CT molecular complexity index is 907. The Labute approximate surface area is 164 Å². The summed E-state index contributed by atoms with van der Waals surface area (Å²) in [4.78, 5) is 13.3. The topological polar surface area (TPSA) is 108 Å². The zero-order chi connectivity index (χ0) is 20.1. The van der Waals surface area contributed by atoms with Crippen LogP contribution in [0, 0.1) is 0 Å². The van der Waals surface area contributed by atoms with E-state index in [1.54, 1.807) is 12.1 Å². The lowest BCUT2D eigenvalue weighted by atomic mass is 10.3. The van der Waals surface area contributed by atoms with Crippen LogP contribution in [0.3, 0.4) is 0 Å². The number of benzene rings is 1. The molecule has 1 saturated heterocycles. The van der Waals surface area contributed by atoms with E-state index >= 15 is 0 Å². The molecule has 28 heavy (non-hydrogen) atoms. The smallest absolute Gasteiger partial charge is 0.243 e. The van der Waals surface area contributed by atoms with Crippen molar-refractivity contribution in [2.45, 2.75) is 18.7 Å². The molecule has 0 saturated carbocycles. The van der Waals surface area contributed by atoms with E-state index in [2.05, 4.69) is 20.8 Å². The van der Waals surface area contributed by atoms with E-state index in [9.17, 15) is 13.2 Å². The molecule has 0 spiro atoms. The predicted octanol–water partition coefficient (Wildman–Crippen LogP) is 1.38. The van der Waals surface area contributed by atoms with E-state index in [-0.39, 0.29) is 10.8 Å². The van der Waals surface area contributed by atoms with Crippen LogP contribution in [0.4, 0.5) is 17.3 Å². The van der Waals surface area contributed by atoms with Crippen molar-refractivity contribution < 1.29 is 13.2 Å². The first kappa shape index (κ1) is 20.0. The third-order valence-corrected chi connectivity index (χ3v) is 6.30. The molecule has 0 unspecified atom stereocenters.